The van der Waals surface area contributed by atoms with Crippen LogP contribution in [0.25, 0.3) is 0 Å². The van der Waals surface area contributed by atoms with Gasteiger partial charge in [0.1, 0.15) is 0 Å². The van der Waals surface area contributed by atoms with Crippen LogP contribution in [-0.2, 0) is 0 Å². The molecule has 1 heterocycles. The molecule has 92 valence electrons. The highest BCUT2D eigenvalue weighted by molar-refractivity contribution is 5.93. The predicted molar refractivity (Wildman–Crippen MR) is 71.4 cm³/mol. The molecular formula is C14H15N3O. The molecule has 0 unspecified atom stereocenters. The van der Waals surface area contributed by atoms with E-state index < -0.39 is 0 Å². The number of amides is 1. The quantitative estimate of drug-likeness (QED) is 0.807. The lowest BCUT2D eigenvalue weighted by atomic mass is 10.2. The highest BCUT2D eigenvalue weighted by Crippen LogP contribution is 2.07. The van der Waals surface area contributed by atoms with Crippen molar-refractivity contribution in [1.82, 2.24) is 10.3 Å². The second-order valence-corrected chi connectivity index (χ2v) is 3.97. The Morgan fingerprint density at radius 3 is 2.67 bits per heavy atom. The molecule has 0 fully saturated rings. The van der Waals surface area contributed by atoms with Gasteiger partial charge in [0.15, 0.2) is 0 Å². The molecule has 4 heteroatoms. The largest absolute Gasteiger partial charge is 0.368 e. The van der Waals surface area contributed by atoms with Crippen molar-refractivity contribution in [2.45, 2.75) is 6.92 Å². The van der Waals surface area contributed by atoms with E-state index in [9.17, 15) is 4.79 Å². The van der Waals surface area contributed by atoms with Gasteiger partial charge in [0.2, 0.25) is 0 Å². The first-order valence-corrected chi connectivity index (χ1v) is 5.74. The first-order chi connectivity index (χ1) is 8.75. The molecule has 1 aromatic heterocycles. The fourth-order valence-electron chi connectivity index (χ4n) is 1.50. The Morgan fingerprint density at radius 1 is 1.22 bits per heavy atom. The number of aromatic nitrogens is 1. The molecule has 2 rings (SSSR count). The van der Waals surface area contributed by atoms with E-state index in [2.05, 4.69) is 15.6 Å². The number of carbonyl (C=O) groups excluding carboxylic acids is 1. The van der Waals surface area contributed by atoms with Gasteiger partial charge in [-0.2, -0.15) is 0 Å². The molecule has 0 radical (unpaired) electrons. The Hall–Kier alpha value is -2.36. The standard InChI is InChI=1S/C14H15N3O/c1-11-4-6-13(7-5-11)16-10-17-14(18)12-3-2-8-15-9-12/h2-9,16H,10H2,1H3,(H,17,18). The van der Waals surface area contributed by atoms with Gasteiger partial charge in [-0.15, -0.1) is 0 Å². The van der Waals surface area contributed by atoms with Gasteiger partial charge in [0.25, 0.3) is 5.91 Å². The van der Waals surface area contributed by atoms with Gasteiger partial charge in [-0.25, -0.2) is 0 Å². The Bertz CT molecular complexity index is 508. The third-order valence-electron chi connectivity index (χ3n) is 2.52. The Kier molecular flexibility index (Phi) is 3.91. The lowest BCUT2D eigenvalue weighted by molar-refractivity contribution is 0.0956. The van der Waals surface area contributed by atoms with Crippen LogP contribution < -0.4 is 10.6 Å². The SMILES string of the molecule is Cc1ccc(NCNC(=O)c2cccnc2)cc1. The highest BCUT2D eigenvalue weighted by Gasteiger charge is 2.03. The second-order valence-electron chi connectivity index (χ2n) is 3.97. The number of pyridine rings is 1. The third-order valence-corrected chi connectivity index (χ3v) is 2.52. The van der Waals surface area contributed by atoms with Crippen LogP contribution in [0.3, 0.4) is 0 Å². The zero-order valence-electron chi connectivity index (χ0n) is 10.2. The van der Waals surface area contributed by atoms with Crippen LogP contribution >= 0.6 is 0 Å². The van der Waals surface area contributed by atoms with E-state index in [4.69, 9.17) is 0 Å². The van der Waals surface area contributed by atoms with Crippen molar-refractivity contribution in [2.24, 2.45) is 0 Å². The molecule has 0 spiro atoms. The molecule has 1 aromatic carbocycles. The van der Waals surface area contributed by atoms with Crippen LogP contribution in [0.2, 0.25) is 0 Å². The first-order valence-electron chi connectivity index (χ1n) is 5.74. The average Bonchev–Trinajstić information content (AvgIpc) is 2.42. The summed E-state index contributed by atoms with van der Waals surface area (Å²) in [7, 11) is 0. The van der Waals surface area contributed by atoms with Crippen molar-refractivity contribution in [3.05, 3.63) is 59.9 Å². The Morgan fingerprint density at radius 2 is 2.00 bits per heavy atom. The fraction of sp³-hybridized carbons (Fsp3) is 0.143. The molecule has 1 amide bonds. The number of rotatable bonds is 4. The van der Waals surface area contributed by atoms with Crippen LogP contribution in [0, 0.1) is 6.92 Å². The maximum atomic E-state index is 11.7. The maximum absolute atomic E-state index is 11.7. The van der Waals surface area contributed by atoms with E-state index in [1.165, 1.54) is 5.56 Å². The van der Waals surface area contributed by atoms with Gasteiger partial charge in [-0.1, -0.05) is 17.7 Å². The number of carbonyl (C=O) groups is 1. The Labute approximate surface area is 106 Å². The zero-order valence-corrected chi connectivity index (χ0v) is 10.2. The zero-order chi connectivity index (χ0) is 12.8. The fourth-order valence-corrected chi connectivity index (χ4v) is 1.50. The average molecular weight is 241 g/mol. The van der Waals surface area contributed by atoms with Gasteiger partial charge in [-0.3, -0.25) is 9.78 Å². The van der Waals surface area contributed by atoms with Crippen LogP contribution in [-0.4, -0.2) is 17.6 Å². The minimum Gasteiger partial charge on any atom is -0.368 e. The maximum Gasteiger partial charge on any atom is 0.254 e. The number of benzene rings is 1. The van der Waals surface area contributed by atoms with Crippen molar-refractivity contribution in [2.75, 3.05) is 12.0 Å². The Balaban J connectivity index is 1.82. The summed E-state index contributed by atoms with van der Waals surface area (Å²) >= 11 is 0. The van der Waals surface area contributed by atoms with E-state index in [1.54, 1.807) is 24.5 Å². The number of nitrogens with one attached hydrogen (secondary N) is 2. The van der Waals surface area contributed by atoms with Crippen LogP contribution in [0.4, 0.5) is 5.69 Å². The molecule has 0 aliphatic rings. The molecule has 2 N–H and O–H groups in total. The molecule has 0 bridgehead atoms. The molecule has 4 nitrogen and oxygen atoms in total. The van der Waals surface area contributed by atoms with Crippen LogP contribution in [0.5, 0.6) is 0 Å². The van der Waals surface area contributed by atoms with Crippen molar-refractivity contribution in [1.29, 1.82) is 0 Å². The van der Waals surface area contributed by atoms with Crippen molar-refractivity contribution >= 4 is 11.6 Å². The van der Waals surface area contributed by atoms with E-state index in [0.717, 1.165) is 5.69 Å². The van der Waals surface area contributed by atoms with E-state index in [-0.39, 0.29) is 5.91 Å². The molecule has 0 atom stereocenters. The smallest absolute Gasteiger partial charge is 0.254 e. The van der Waals surface area contributed by atoms with Crippen molar-refractivity contribution in [3.63, 3.8) is 0 Å². The summed E-state index contributed by atoms with van der Waals surface area (Å²) in [6, 6.07) is 11.5. The molecule has 0 aliphatic heterocycles. The monoisotopic (exact) mass is 241 g/mol. The number of anilines is 1. The number of nitrogens with zero attached hydrogens (tertiary/aromatic N) is 1. The topological polar surface area (TPSA) is 54.0 Å². The highest BCUT2D eigenvalue weighted by atomic mass is 16.1. The number of hydrogen-bond acceptors (Lipinski definition) is 3. The van der Waals surface area contributed by atoms with E-state index >= 15 is 0 Å². The summed E-state index contributed by atoms with van der Waals surface area (Å²) in [6.07, 6.45) is 3.18. The second kappa shape index (κ2) is 5.82. The summed E-state index contributed by atoms with van der Waals surface area (Å²) in [5.74, 6) is -0.136. The molecule has 0 saturated heterocycles. The third kappa shape index (κ3) is 3.31. The lowest BCUT2D eigenvalue weighted by Gasteiger charge is -2.08. The summed E-state index contributed by atoms with van der Waals surface area (Å²) < 4.78 is 0. The first kappa shape index (κ1) is 12.1. The summed E-state index contributed by atoms with van der Waals surface area (Å²) in [4.78, 5) is 15.6. The summed E-state index contributed by atoms with van der Waals surface area (Å²) in [5, 5.41) is 5.89. The predicted octanol–water partition coefficient (Wildman–Crippen LogP) is 2.19. The van der Waals surface area contributed by atoms with Gasteiger partial charge in [0.05, 0.1) is 12.2 Å². The molecule has 18 heavy (non-hydrogen) atoms. The van der Waals surface area contributed by atoms with Crippen LogP contribution in [0.15, 0.2) is 48.8 Å². The van der Waals surface area contributed by atoms with Gasteiger partial charge < -0.3 is 10.6 Å². The minimum absolute atomic E-state index is 0.136. The lowest BCUT2D eigenvalue weighted by Crippen LogP contribution is -2.28. The molecule has 0 saturated carbocycles. The van der Waals surface area contributed by atoms with E-state index in [1.807, 2.05) is 31.2 Å². The van der Waals surface area contributed by atoms with Gasteiger partial charge >= 0.3 is 0 Å². The van der Waals surface area contributed by atoms with Gasteiger partial charge in [-0.05, 0) is 31.2 Å². The van der Waals surface area contributed by atoms with Gasteiger partial charge in [0, 0.05) is 18.1 Å². The number of hydrogen-bond donors (Lipinski definition) is 2. The minimum atomic E-state index is -0.136. The number of aryl methyl sites for hydroxylation is 1. The van der Waals surface area contributed by atoms with Crippen molar-refractivity contribution < 1.29 is 4.79 Å². The molecule has 0 aliphatic carbocycles. The summed E-state index contributed by atoms with van der Waals surface area (Å²) in [6.45, 7) is 2.42. The molecular weight excluding hydrogens is 226 g/mol. The van der Waals surface area contributed by atoms with Crippen LogP contribution in [0.1, 0.15) is 15.9 Å². The van der Waals surface area contributed by atoms with E-state index in [0.29, 0.717) is 12.2 Å². The molecule has 2 aromatic rings. The normalized spacial score (nSPS) is 9.83. The van der Waals surface area contributed by atoms with Crippen molar-refractivity contribution in [3.8, 4) is 0 Å². The summed E-state index contributed by atoms with van der Waals surface area (Å²) in [5.41, 5.74) is 2.75.